The Morgan fingerprint density at radius 2 is 1.69 bits per heavy atom. The van der Waals surface area contributed by atoms with E-state index >= 15 is 0 Å². The number of nitrogens with one attached hydrogen (secondary N) is 1. The van der Waals surface area contributed by atoms with Crippen molar-refractivity contribution < 1.29 is 22.7 Å². The van der Waals surface area contributed by atoms with E-state index < -0.39 is 10.0 Å². The number of hydrogen-bond acceptors (Lipinski definition) is 8. The molecule has 1 aromatic heterocycles. The Hall–Kier alpha value is -3.54. The zero-order valence-electron chi connectivity index (χ0n) is 30.0. The Balaban J connectivity index is 1.39. The molecule has 2 aliphatic heterocycles. The summed E-state index contributed by atoms with van der Waals surface area (Å²) in [5, 5.41) is 0. The SMILES string of the molecule is Cc1cccc(C)c1-c1cc2nc(n1)NS(=O)(=O)c1cccc(c1)C(=O)N(C(C)CC1(C)CC(N3CCOCC3)C1)[C@H](CC(C)(C)C)CO2. The molecule has 2 fully saturated rings. The maximum Gasteiger partial charge on any atom is 0.264 e. The van der Waals surface area contributed by atoms with E-state index in [2.05, 4.69) is 54.2 Å². The number of fused-ring (bicyclic) bond motifs is 4. The first-order chi connectivity index (χ1) is 23.1. The fourth-order valence-electron chi connectivity index (χ4n) is 8.12. The molecule has 10 nitrogen and oxygen atoms in total. The highest BCUT2D eigenvalue weighted by Crippen LogP contribution is 2.48. The van der Waals surface area contributed by atoms with Crippen LogP contribution in [0, 0.1) is 24.7 Å². The summed E-state index contributed by atoms with van der Waals surface area (Å²) in [6.07, 6.45) is 3.65. The van der Waals surface area contributed by atoms with Crippen molar-refractivity contribution in [2.45, 2.75) is 97.2 Å². The topological polar surface area (TPSA) is 114 Å². The van der Waals surface area contributed by atoms with Gasteiger partial charge >= 0.3 is 0 Å². The first-order valence-electron chi connectivity index (χ1n) is 17.5. The van der Waals surface area contributed by atoms with Gasteiger partial charge in [0.25, 0.3) is 15.9 Å². The highest BCUT2D eigenvalue weighted by Gasteiger charge is 2.46. The maximum atomic E-state index is 14.7. The molecule has 3 aromatic rings. The zero-order chi connectivity index (χ0) is 35.1. The summed E-state index contributed by atoms with van der Waals surface area (Å²) in [5.74, 6) is -0.0469. The van der Waals surface area contributed by atoms with E-state index in [0.29, 0.717) is 23.7 Å². The van der Waals surface area contributed by atoms with Crippen LogP contribution in [0.2, 0.25) is 0 Å². The number of benzene rings is 2. The monoisotopic (exact) mass is 689 g/mol. The van der Waals surface area contributed by atoms with Crippen LogP contribution in [-0.2, 0) is 14.8 Å². The average molecular weight is 690 g/mol. The molecule has 1 amide bonds. The van der Waals surface area contributed by atoms with Gasteiger partial charge in [0.15, 0.2) is 0 Å². The molecule has 11 heteroatoms. The van der Waals surface area contributed by atoms with Gasteiger partial charge in [-0.05, 0) is 86.6 Å². The van der Waals surface area contributed by atoms with Crippen molar-refractivity contribution in [2.75, 3.05) is 37.6 Å². The average Bonchev–Trinajstić information content (AvgIpc) is 3.01. The van der Waals surface area contributed by atoms with Crippen molar-refractivity contribution in [1.29, 1.82) is 0 Å². The van der Waals surface area contributed by atoms with E-state index in [-0.39, 0.29) is 52.2 Å². The van der Waals surface area contributed by atoms with Gasteiger partial charge in [-0.1, -0.05) is 52.0 Å². The highest BCUT2D eigenvalue weighted by atomic mass is 32.2. The lowest BCUT2D eigenvalue weighted by molar-refractivity contribution is -0.0558. The van der Waals surface area contributed by atoms with E-state index in [1.54, 1.807) is 18.2 Å². The number of aromatic nitrogens is 2. The number of ether oxygens (including phenoxy) is 2. The molecular weight excluding hydrogens is 639 g/mol. The van der Waals surface area contributed by atoms with Crippen LogP contribution in [0.1, 0.15) is 81.8 Å². The van der Waals surface area contributed by atoms with E-state index in [1.165, 1.54) is 12.1 Å². The number of hydrogen-bond donors (Lipinski definition) is 1. The van der Waals surface area contributed by atoms with Crippen LogP contribution in [0.5, 0.6) is 5.88 Å². The standard InChI is InChI=1S/C38H51N5O5S/c1-25-10-8-11-26(2)34(25)32-19-33-40-36(39-32)41-49(45,46)31-13-9-12-28(18-31)35(44)43(30(24-48-33)21-37(4,5)6)27(3)20-38(7)22-29(23-38)42-14-16-47-17-15-42/h8-13,18-19,27,29-30H,14-17,20-24H2,1-7H3,(H,39,40,41)/t27?,29?,30-,38?/m1/s1. The van der Waals surface area contributed by atoms with Gasteiger partial charge in [-0.25, -0.2) is 18.1 Å². The summed E-state index contributed by atoms with van der Waals surface area (Å²) in [7, 11) is -4.14. The second kappa shape index (κ2) is 13.6. The molecule has 3 heterocycles. The highest BCUT2D eigenvalue weighted by molar-refractivity contribution is 7.92. The van der Waals surface area contributed by atoms with Crippen molar-refractivity contribution in [2.24, 2.45) is 10.8 Å². The lowest BCUT2D eigenvalue weighted by Crippen LogP contribution is -2.56. The number of carbonyl (C=O) groups is 1. The second-order valence-electron chi connectivity index (χ2n) is 15.8. The Labute approximate surface area is 291 Å². The van der Waals surface area contributed by atoms with Crippen LogP contribution < -0.4 is 9.46 Å². The minimum absolute atomic E-state index is 0.0274. The first kappa shape index (κ1) is 35.3. The molecule has 2 atom stereocenters. The van der Waals surface area contributed by atoms with Crippen molar-refractivity contribution >= 4 is 21.9 Å². The lowest BCUT2D eigenvalue weighted by atomic mass is 9.63. The van der Waals surface area contributed by atoms with Crippen LogP contribution in [0.4, 0.5) is 5.95 Å². The summed E-state index contributed by atoms with van der Waals surface area (Å²) in [4.78, 5) is 28.3. The molecule has 6 rings (SSSR count). The van der Waals surface area contributed by atoms with Crippen molar-refractivity contribution in [3.8, 4) is 17.1 Å². The molecule has 0 spiro atoms. The van der Waals surface area contributed by atoms with Crippen LogP contribution >= 0.6 is 0 Å². The van der Waals surface area contributed by atoms with E-state index in [9.17, 15) is 13.2 Å². The van der Waals surface area contributed by atoms with Gasteiger partial charge in [-0.15, -0.1) is 0 Å². The number of carbonyl (C=O) groups excluding carboxylic acids is 1. The fraction of sp³-hybridized carbons (Fsp3) is 0.553. The fourth-order valence-corrected chi connectivity index (χ4v) is 9.11. The molecule has 1 saturated carbocycles. The van der Waals surface area contributed by atoms with Crippen LogP contribution in [0.15, 0.2) is 53.4 Å². The molecule has 0 radical (unpaired) electrons. The number of amides is 1. The van der Waals surface area contributed by atoms with Crippen molar-refractivity contribution in [3.63, 3.8) is 0 Å². The normalized spacial score (nSPS) is 25.1. The minimum Gasteiger partial charge on any atom is -0.475 e. The van der Waals surface area contributed by atoms with Gasteiger partial charge in [0.2, 0.25) is 11.8 Å². The Bertz CT molecular complexity index is 1770. The third-order valence-electron chi connectivity index (χ3n) is 10.2. The summed E-state index contributed by atoms with van der Waals surface area (Å²) in [5.41, 5.74) is 3.72. The number of aryl methyl sites for hydroxylation is 2. The van der Waals surface area contributed by atoms with Gasteiger partial charge in [0.05, 0.1) is 29.8 Å². The summed E-state index contributed by atoms with van der Waals surface area (Å²) in [6, 6.07) is 14.1. The van der Waals surface area contributed by atoms with Crippen molar-refractivity contribution in [1.82, 2.24) is 19.8 Å². The summed E-state index contributed by atoms with van der Waals surface area (Å²) >= 11 is 0. The quantitative estimate of drug-likeness (QED) is 0.313. The van der Waals surface area contributed by atoms with Gasteiger partial charge in [-0.2, -0.15) is 4.98 Å². The molecule has 1 unspecified atom stereocenters. The molecule has 2 aromatic carbocycles. The third-order valence-corrected chi connectivity index (χ3v) is 11.6. The molecule has 3 aliphatic rings. The third kappa shape index (κ3) is 7.94. The Morgan fingerprint density at radius 1 is 1.02 bits per heavy atom. The molecule has 4 bridgehead atoms. The number of rotatable bonds is 6. The number of anilines is 1. The van der Waals surface area contributed by atoms with Gasteiger partial charge in [0.1, 0.15) is 6.61 Å². The van der Waals surface area contributed by atoms with E-state index in [1.807, 2.05) is 36.9 Å². The lowest BCUT2D eigenvalue weighted by Gasteiger charge is -2.53. The maximum absolute atomic E-state index is 14.7. The van der Waals surface area contributed by atoms with Gasteiger partial charge < -0.3 is 14.4 Å². The smallest absolute Gasteiger partial charge is 0.264 e. The van der Waals surface area contributed by atoms with Gasteiger partial charge in [0, 0.05) is 42.4 Å². The molecule has 1 N–H and O–H groups in total. The predicted molar refractivity (Wildman–Crippen MR) is 191 cm³/mol. The Morgan fingerprint density at radius 3 is 2.37 bits per heavy atom. The second-order valence-corrected chi connectivity index (χ2v) is 17.5. The van der Waals surface area contributed by atoms with Gasteiger partial charge in [-0.3, -0.25) is 9.69 Å². The number of nitrogens with zero attached hydrogens (tertiary/aromatic N) is 4. The van der Waals surface area contributed by atoms with Crippen LogP contribution in [0.25, 0.3) is 11.3 Å². The molecule has 1 saturated heterocycles. The number of sulfonamides is 1. The minimum atomic E-state index is -4.14. The van der Waals surface area contributed by atoms with Crippen molar-refractivity contribution in [3.05, 3.63) is 65.2 Å². The molecule has 264 valence electrons. The van der Waals surface area contributed by atoms with Crippen LogP contribution in [0.3, 0.4) is 0 Å². The zero-order valence-corrected chi connectivity index (χ0v) is 30.8. The van der Waals surface area contributed by atoms with E-state index in [0.717, 1.165) is 62.3 Å². The predicted octanol–water partition coefficient (Wildman–Crippen LogP) is 6.48. The molecule has 49 heavy (non-hydrogen) atoms. The molecular formula is C38H51N5O5S. The summed E-state index contributed by atoms with van der Waals surface area (Å²) in [6.45, 7) is 18.6. The Kier molecular flexibility index (Phi) is 9.82. The summed E-state index contributed by atoms with van der Waals surface area (Å²) < 4.78 is 42.1. The largest absolute Gasteiger partial charge is 0.475 e. The molecule has 1 aliphatic carbocycles. The first-order valence-corrected chi connectivity index (χ1v) is 18.9. The van der Waals surface area contributed by atoms with Crippen LogP contribution in [-0.4, -0.2) is 85.1 Å². The van der Waals surface area contributed by atoms with E-state index in [4.69, 9.17) is 9.47 Å². The number of morpholine rings is 1.